The zero-order chi connectivity index (χ0) is 15.8. The Labute approximate surface area is 127 Å². The Morgan fingerprint density at radius 1 is 1.62 bits per heavy atom. The second kappa shape index (κ2) is 8.60. The summed E-state index contributed by atoms with van der Waals surface area (Å²) in [6, 6.07) is -0.589. The minimum absolute atomic E-state index is 0.0614. The number of nitrogens with one attached hydrogen (secondary N) is 2. The highest BCUT2D eigenvalue weighted by atomic mass is 35.5. The Balaban J connectivity index is 2.72. The van der Waals surface area contributed by atoms with Gasteiger partial charge in [-0.15, -0.1) is 0 Å². The number of hydrogen-bond acceptors (Lipinski definition) is 6. The first-order valence-electron chi connectivity index (χ1n) is 6.41. The summed E-state index contributed by atoms with van der Waals surface area (Å²) in [7, 11) is 1.54. The fourth-order valence-electron chi connectivity index (χ4n) is 1.55. The maximum atomic E-state index is 11.8. The second-order valence-corrected chi connectivity index (χ2v) is 4.65. The van der Waals surface area contributed by atoms with Gasteiger partial charge in [0.15, 0.2) is 0 Å². The van der Waals surface area contributed by atoms with Crippen molar-refractivity contribution in [2.75, 3.05) is 32.2 Å². The van der Waals surface area contributed by atoms with Gasteiger partial charge in [0, 0.05) is 13.7 Å². The first kappa shape index (κ1) is 17.4. The molecule has 8 nitrogen and oxygen atoms in total. The molecule has 0 saturated carbocycles. The third-order valence-electron chi connectivity index (χ3n) is 2.67. The average Bonchev–Trinajstić information content (AvgIpc) is 2.47. The molecule has 0 saturated heterocycles. The van der Waals surface area contributed by atoms with Crippen molar-refractivity contribution >= 4 is 23.2 Å². The number of anilines is 1. The predicted octanol–water partition coefficient (Wildman–Crippen LogP) is -0.548. The number of carbonyl (C=O) groups is 1. The molecule has 1 aromatic rings. The van der Waals surface area contributed by atoms with Gasteiger partial charge in [-0.3, -0.25) is 9.59 Å². The van der Waals surface area contributed by atoms with E-state index in [1.165, 1.54) is 6.20 Å². The van der Waals surface area contributed by atoms with Crippen molar-refractivity contribution in [2.45, 2.75) is 19.5 Å². The van der Waals surface area contributed by atoms with Crippen LogP contribution in [0.5, 0.6) is 0 Å². The number of rotatable bonds is 8. The Hall–Kier alpha value is -1.64. The van der Waals surface area contributed by atoms with Crippen LogP contribution in [0.25, 0.3) is 0 Å². The first-order valence-corrected chi connectivity index (χ1v) is 6.78. The summed E-state index contributed by atoms with van der Waals surface area (Å²) in [5, 5.41) is 18.1. The highest BCUT2D eigenvalue weighted by molar-refractivity contribution is 6.33. The monoisotopic (exact) mass is 318 g/mol. The molecule has 0 aliphatic rings. The van der Waals surface area contributed by atoms with Crippen LogP contribution in [0.1, 0.15) is 6.92 Å². The fourth-order valence-corrected chi connectivity index (χ4v) is 1.75. The molecule has 1 aromatic heterocycles. The molecule has 0 fully saturated rings. The molecule has 1 amide bonds. The van der Waals surface area contributed by atoms with E-state index in [1.807, 2.05) is 0 Å². The van der Waals surface area contributed by atoms with Gasteiger partial charge in [-0.1, -0.05) is 11.6 Å². The van der Waals surface area contributed by atoms with E-state index in [9.17, 15) is 9.59 Å². The molecule has 1 heterocycles. The average molecular weight is 319 g/mol. The van der Waals surface area contributed by atoms with Gasteiger partial charge in [0.1, 0.15) is 11.1 Å². The lowest BCUT2D eigenvalue weighted by Gasteiger charge is -2.16. The molecule has 0 aromatic carbocycles. The summed E-state index contributed by atoms with van der Waals surface area (Å²) in [5.41, 5.74) is -0.257. The van der Waals surface area contributed by atoms with E-state index in [4.69, 9.17) is 21.4 Å². The molecule has 0 aliphatic carbocycles. The van der Waals surface area contributed by atoms with Crippen LogP contribution < -0.4 is 16.2 Å². The minimum Gasteiger partial charge on any atom is -0.394 e. The summed E-state index contributed by atoms with van der Waals surface area (Å²) in [6.07, 6.45) is 1.35. The third kappa shape index (κ3) is 5.00. The van der Waals surface area contributed by atoms with Crippen LogP contribution in [-0.4, -0.2) is 53.7 Å². The van der Waals surface area contributed by atoms with E-state index in [1.54, 1.807) is 14.0 Å². The molecule has 0 bridgehead atoms. The summed E-state index contributed by atoms with van der Waals surface area (Å²) in [6.45, 7) is 2.29. The van der Waals surface area contributed by atoms with Crippen LogP contribution in [0.4, 0.5) is 5.69 Å². The zero-order valence-electron chi connectivity index (χ0n) is 11.9. The van der Waals surface area contributed by atoms with Gasteiger partial charge in [-0.25, -0.2) is 4.68 Å². The van der Waals surface area contributed by atoms with E-state index in [-0.39, 0.29) is 29.8 Å². The molecule has 0 spiro atoms. The number of aliphatic hydroxyl groups is 1. The normalized spacial score (nSPS) is 12.0. The Morgan fingerprint density at radius 2 is 2.33 bits per heavy atom. The van der Waals surface area contributed by atoms with Crippen LogP contribution in [-0.2, 0) is 16.1 Å². The number of nitrogens with zero attached hydrogens (tertiary/aromatic N) is 2. The standard InChI is InChI=1S/C12H19ClN4O4/c1-8(11(19)14-3-6-21-2)16-9-7-15-17(4-5-18)12(20)10(9)13/h7-8,16,18H,3-6H2,1-2H3,(H,14,19). The summed E-state index contributed by atoms with van der Waals surface area (Å²) in [5.74, 6) is -0.248. The number of hydrogen-bond donors (Lipinski definition) is 3. The van der Waals surface area contributed by atoms with Crippen molar-refractivity contribution in [3.8, 4) is 0 Å². The summed E-state index contributed by atoms with van der Waals surface area (Å²) in [4.78, 5) is 23.6. The van der Waals surface area contributed by atoms with E-state index in [0.717, 1.165) is 4.68 Å². The molecule has 1 rings (SSSR count). The lowest BCUT2D eigenvalue weighted by Crippen LogP contribution is -2.39. The molecular formula is C12H19ClN4O4. The maximum absolute atomic E-state index is 11.8. The van der Waals surface area contributed by atoms with Gasteiger partial charge in [0.25, 0.3) is 5.56 Å². The minimum atomic E-state index is -0.589. The fraction of sp³-hybridized carbons (Fsp3) is 0.583. The number of aromatic nitrogens is 2. The molecule has 0 aliphatic heterocycles. The third-order valence-corrected chi connectivity index (χ3v) is 3.03. The van der Waals surface area contributed by atoms with Crippen LogP contribution in [0.2, 0.25) is 5.02 Å². The largest absolute Gasteiger partial charge is 0.394 e. The van der Waals surface area contributed by atoms with Crippen molar-refractivity contribution in [3.63, 3.8) is 0 Å². The number of amides is 1. The maximum Gasteiger partial charge on any atom is 0.287 e. The molecule has 21 heavy (non-hydrogen) atoms. The number of halogens is 1. The molecular weight excluding hydrogens is 300 g/mol. The SMILES string of the molecule is COCCNC(=O)C(C)Nc1cnn(CCO)c(=O)c1Cl. The Kier molecular flexibility index (Phi) is 7.13. The number of carbonyl (C=O) groups excluding carboxylic acids is 1. The lowest BCUT2D eigenvalue weighted by atomic mass is 10.3. The number of methoxy groups -OCH3 is 1. The van der Waals surface area contributed by atoms with Gasteiger partial charge in [0.05, 0.1) is 31.6 Å². The van der Waals surface area contributed by atoms with Crippen molar-refractivity contribution in [1.29, 1.82) is 0 Å². The van der Waals surface area contributed by atoms with Crippen LogP contribution >= 0.6 is 11.6 Å². The first-order chi connectivity index (χ1) is 10.0. The van der Waals surface area contributed by atoms with Gasteiger partial charge < -0.3 is 20.5 Å². The molecule has 3 N–H and O–H groups in total. The van der Waals surface area contributed by atoms with Crippen LogP contribution in [0, 0.1) is 0 Å². The predicted molar refractivity (Wildman–Crippen MR) is 78.6 cm³/mol. The van der Waals surface area contributed by atoms with Gasteiger partial charge in [-0.2, -0.15) is 5.10 Å². The topological polar surface area (TPSA) is 105 Å². The zero-order valence-corrected chi connectivity index (χ0v) is 12.7. The number of ether oxygens (including phenoxy) is 1. The molecule has 0 radical (unpaired) electrons. The lowest BCUT2D eigenvalue weighted by molar-refractivity contribution is -0.121. The van der Waals surface area contributed by atoms with Gasteiger partial charge >= 0.3 is 0 Å². The highest BCUT2D eigenvalue weighted by Crippen LogP contribution is 2.16. The van der Waals surface area contributed by atoms with Crippen LogP contribution in [0.15, 0.2) is 11.0 Å². The van der Waals surface area contributed by atoms with Crippen molar-refractivity contribution < 1.29 is 14.6 Å². The van der Waals surface area contributed by atoms with Crippen molar-refractivity contribution in [2.24, 2.45) is 0 Å². The van der Waals surface area contributed by atoms with Crippen molar-refractivity contribution in [1.82, 2.24) is 15.1 Å². The molecule has 1 atom stereocenters. The van der Waals surface area contributed by atoms with E-state index in [0.29, 0.717) is 13.2 Å². The molecule has 9 heteroatoms. The summed E-state index contributed by atoms with van der Waals surface area (Å²) < 4.78 is 5.88. The quantitative estimate of drug-likeness (QED) is 0.556. The second-order valence-electron chi connectivity index (χ2n) is 4.27. The van der Waals surface area contributed by atoms with Gasteiger partial charge in [-0.05, 0) is 6.92 Å². The Morgan fingerprint density at radius 3 is 2.95 bits per heavy atom. The van der Waals surface area contributed by atoms with Crippen molar-refractivity contribution in [3.05, 3.63) is 21.6 Å². The van der Waals surface area contributed by atoms with E-state index < -0.39 is 11.6 Å². The van der Waals surface area contributed by atoms with Crippen LogP contribution in [0.3, 0.4) is 0 Å². The number of aliphatic hydroxyl groups excluding tert-OH is 1. The molecule has 118 valence electrons. The summed E-state index contributed by atoms with van der Waals surface area (Å²) >= 11 is 5.94. The highest BCUT2D eigenvalue weighted by Gasteiger charge is 2.16. The smallest absolute Gasteiger partial charge is 0.287 e. The van der Waals surface area contributed by atoms with E-state index in [2.05, 4.69) is 15.7 Å². The van der Waals surface area contributed by atoms with E-state index >= 15 is 0 Å². The van der Waals surface area contributed by atoms with Gasteiger partial charge in [0.2, 0.25) is 5.91 Å². The Bertz CT molecular complexity index is 534. The molecule has 1 unspecified atom stereocenters.